The lowest BCUT2D eigenvalue weighted by atomic mass is 10.0. The molecule has 140 valence electrons. The summed E-state index contributed by atoms with van der Waals surface area (Å²) in [5.74, 6) is 0.568. The van der Waals surface area contributed by atoms with Crippen LogP contribution in [0.25, 0.3) is 0 Å². The predicted octanol–water partition coefficient (Wildman–Crippen LogP) is 4.61. The van der Waals surface area contributed by atoms with Crippen molar-refractivity contribution in [2.75, 3.05) is 13.2 Å². The van der Waals surface area contributed by atoms with Gasteiger partial charge in [0.1, 0.15) is 36.9 Å². The maximum absolute atomic E-state index is 13.8. The van der Waals surface area contributed by atoms with Crippen molar-refractivity contribution in [2.45, 2.75) is 32.4 Å². The molecule has 0 saturated heterocycles. The number of hydrogen-bond donors (Lipinski definition) is 0. The molecule has 2 aliphatic rings. The first-order valence-electron chi connectivity index (χ1n) is 8.92. The first-order valence-corrected chi connectivity index (χ1v) is 8.92. The average molecular weight is 370 g/mol. The lowest BCUT2D eigenvalue weighted by molar-refractivity contribution is 0.299. The number of hydrogen-bond acceptors (Lipinski definition) is 4. The van der Waals surface area contributed by atoms with E-state index in [1.54, 1.807) is 26.0 Å². The standard InChI is InChI=1S/C21H20F2N2O2/c1-12-14(5-3-7-16(12)22)18-10-26-20(24-18)9-21-25-19(11-27-21)15-6-4-8-17(23)13(15)2/h3-8,18-19H,9-11H2,1-2H3/t18-,19-/m1/s1. The van der Waals surface area contributed by atoms with Gasteiger partial charge in [-0.2, -0.15) is 0 Å². The summed E-state index contributed by atoms with van der Waals surface area (Å²) in [4.78, 5) is 9.12. The third kappa shape index (κ3) is 3.44. The van der Waals surface area contributed by atoms with Crippen LogP contribution in [-0.2, 0) is 9.47 Å². The van der Waals surface area contributed by atoms with Gasteiger partial charge < -0.3 is 9.47 Å². The largest absolute Gasteiger partial charge is 0.478 e. The fourth-order valence-electron chi connectivity index (χ4n) is 3.46. The van der Waals surface area contributed by atoms with Crippen LogP contribution >= 0.6 is 0 Å². The average Bonchev–Trinajstić information content (AvgIpc) is 3.30. The summed E-state index contributed by atoms with van der Waals surface area (Å²) in [5.41, 5.74) is 2.83. The number of halogens is 2. The van der Waals surface area contributed by atoms with Gasteiger partial charge in [0.2, 0.25) is 0 Å². The van der Waals surface area contributed by atoms with Gasteiger partial charge in [-0.15, -0.1) is 0 Å². The summed E-state index contributed by atoms with van der Waals surface area (Å²) in [7, 11) is 0. The molecule has 0 N–H and O–H groups in total. The van der Waals surface area contributed by atoms with Gasteiger partial charge in [0.05, 0.1) is 6.42 Å². The third-order valence-electron chi connectivity index (χ3n) is 5.05. The molecular formula is C21H20F2N2O2. The van der Waals surface area contributed by atoms with Crippen molar-refractivity contribution in [3.63, 3.8) is 0 Å². The summed E-state index contributed by atoms with van der Waals surface area (Å²) >= 11 is 0. The van der Waals surface area contributed by atoms with Crippen molar-refractivity contribution >= 4 is 11.8 Å². The van der Waals surface area contributed by atoms with E-state index in [2.05, 4.69) is 9.98 Å². The van der Waals surface area contributed by atoms with E-state index >= 15 is 0 Å². The van der Waals surface area contributed by atoms with Gasteiger partial charge in [0, 0.05) is 0 Å². The Kier molecular flexibility index (Phi) is 4.64. The molecule has 0 aliphatic carbocycles. The number of nitrogens with zero attached hydrogens (tertiary/aromatic N) is 2. The Hall–Kier alpha value is -2.76. The Morgan fingerprint density at radius 3 is 1.70 bits per heavy atom. The zero-order valence-electron chi connectivity index (χ0n) is 15.2. The molecule has 0 bridgehead atoms. The monoisotopic (exact) mass is 370 g/mol. The summed E-state index contributed by atoms with van der Waals surface area (Å²) in [6.45, 7) is 4.24. The first-order chi connectivity index (χ1) is 13.0. The molecule has 0 radical (unpaired) electrons. The molecule has 27 heavy (non-hydrogen) atoms. The fourth-order valence-corrected chi connectivity index (χ4v) is 3.46. The Morgan fingerprint density at radius 1 is 0.815 bits per heavy atom. The maximum atomic E-state index is 13.8. The van der Waals surface area contributed by atoms with E-state index in [0.717, 1.165) is 11.1 Å². The second-order valence-corrected chi connectivity index (χ2v) is 6.78. The van der Waals surface area contributed by atoms with Crippen LogP contribution in [0.3, 0.4) is 0 Å². The number of ether oxygens (including phenoxy) is 2. The Balaban J connectivity index is 1.48. The van der Waals surface area contributed by atoms with Crippen LogP contribution < -0.4 is 0 Å². The molecule has 2 heterocycles. The number of aliphatic imine (C=N–C) groups is 2. The molecule has 2 aliphatic heterocycles. The molecule has 0 amide bonds. The molecule has 0 spiro atoms. The molecule has 4 rings (SSSR count). The highest BCUT2D eigenvalue weighted by atomic mass is 19.1. The zero-order valence-corrected chi connectivity index (χ0v) is 15.2. The van der Waals surface area contributed by atoms with Crippen LogP contribution in [0, 0.1) is 25.5 Å². The van der Waals surface area contributed by atoms with Crippen LogP contribution in [0.5, 0.6) is 0 Å². The van der Waals surface area contributed by atoms with Crippen LogP contribution in [0.1, 0.15) is 40.8 Å². The van der Waals surface area contributed by atoms with Gasteiger partial charge in [-0.1, -0.05) is 24.3 Å². The highest BCUT2D eigenvalue weighted by Crippen LogP contribution is 2.30. The minimum Gasteiger partial charge on any atom is -0.478 e. The highest BCUT2D eigenvalue weighted by molar-refractivity contribution is 5.98. The molecule has 0 saturated carbocycles. The van der Waals surface area contributed by atoms with Crippen molar-refractivity contribution < 1.29 is 18.3 Å². The normalized spacial score (nSPS) is 21.5. The van der Waals surface area contributed by atoms with E-state index in [-0.39, 0.29) is 23.7 Å². The van der Waals surface area contributed by atoms with Crippen molar-refractivity contribution in [2.24, 2.45) is 9.98 Å². The lowest BCUT2D eigenvalue weighted by Crippen LogP contribution is -2.08. The van der Waals surface area contributed by atoms with Crippen molar-refractivity contribution in [1.82, 2.24) is 0 Å². The van der Waals surface area contributed by atoms with Gasteiger partial charge in [0.25, 0.3) is 0 Å². The van der Waals surface area contributed by atoms with E-state index in [9.17, 15) is 8.78 Å². The molecule has 6 heteroatoms. The Labute approximate surface area is 156 Å². The summed E-state index contributed by atoms with van der Waals surface area (Å²) in [6, 6.07) is 9.53. The molecule has 2 aromatic rings. The van der Waals surface area contributed by atoms with Gasteiger partial charge in [-0.25, -0.2) is 18.8 Å². The summed E-state index contributed by atoms with van der Waals surface area (Å²) < 4.78 is 38.9. The van der Waals surface area contributed by atoms with E-state index in [0.29, 0.717) is 42.6 Å². The second-order valence-electron chi connectivity index (χ2n) is 6.78. The second kappa shape index (κ2) is 7.10. The molecule has 4 nitrogen and oxygen atoms in total. The minimum atomic E-state index is -0.243. The van der Waals surface area contributed by atoms with Gasteiger partial charge in [-0.05, 0) is 48.2 Å². The smallest absolute Gasteiger partial charge is 0.193 e. The van der Waals surface area contributed by atoms with Gasteiger partial charge >= 0.3 is 0 Å². The quantitative estimate of drug-likeness (QED) is 0.789. The topological polar surface area (TPSA) is 43.2 Å². The lowest BCUT2D eigenvalue weighted by Gasteiger charge is -2.09. The van der Waals surface area contributed by atoms with E-state index in [1.807, 2.05) is 12.1 Å². The fraction of sp³-hybridized carbons (Fsp3) is 0.333. The molecule has 0 unspecified atom stereocenters. The predicted molar refractivity (Wildman–Crippen MR) is 99.1 cm³/mol. The highest BCUT2D eigenvalue weighted by Gasteiger charge is 2.28. The third-order valence-corrected chi connectivity index (χ3v) is 5.05. The molecule has 2 atom stereocenters. The molecule has 0 aromatic heterocycles. The maximum Gasteiger partial charge on any atom is 0.193 e. The van der Waals surface area contributed by atoms with Crippen LogP contribution in [-0.4, -0.2) is 25.0 Å². The van der Waals surface area contributed by atoms with Crippen LogP contribution in [0.15, 0.2) is 46.4 Å². The molecular weight excluding hydrogens is 350 g/mol. The van der Waals surface area contributed by atoms with Crippen molar-refractivity contribution in [3.05, 3.63) is 70.3 Å². The van der Waals surface area contributed by atoms with E-state index in [4.69, 9.17) is 9.47 Å². The zero-order chi connectivity index (χ0) is 19.0. The van der Waals surface area contributed by atoms with E-state index in [1.165, 1.54) is 12.1 Å². The summed E-state index contributed by atoms with van der Waals surface area (Å²) in [6.07, 6.45) is 0.343. The molecule has 2 aromatic carbocycles. The SMILES string of the molecule is Cc1c(F)cccc1[C@H]1COC(CC2=N[C@@H](c3cccc(F)c3C)CO2)=N1. The van der Waals surface area contributed by atoms with Crippen LogP contribution in [0.4, 0.5) is 8.78 Å². The van der Waals surface area contributed by atoms with E-state index < -0.39 is 0 Å². The van der Waals surface area contributed by atoms with Gasteiger partial charge in [-0.3, -0.25) is 0 Å². The number of benzene rings is 2. The Bertz CT molecular complexity index is 864. The Morgan fingerprint density at radius 2 is 1.26 bits per heavy atom. The number of rotatable bonds is 4. The van der Waals surface area contributed by atoms with Crippen molar-refractivity contribution in [1.29, 1.82) is 0 Å². The first kappa shape index (κ1) is 17.6. The van der Waals surface area contributed by atoms with Gasteiger partial charge in [0.15, 0.2) is 11.8 Å². The summed E-state index contributed by atoms with van der Waals surface area (Å²) in [5, 5.41) is 0. The molecule has 0 fully saturated rings. The van der Waals surface area contributed by atoms with Crippen molar-refractivity contribution in [3.8, 4) is 0 Å². The van der Waals surface area contributed by atoms with Crippen LogP contribution in [0.2, 0.25) is 0 Å². The minimum absolute atomic E-state index is 0.223.